The number of hydrogen-bond donors (Lipinski definition) is 1. The maximum atomic E-state index is 5.80. The molecule has 1 nitrogen and oxygen atoms in total. The SMILES string of the molecule is C=C(Br)CN[C@H](C)c1ccc(Cl)cc1. The topological polar surface area (TPSA) is 12.0 Å². The molecule has 1 aromatic carbocycles. The number of benzene rings is 1. The lowest BCUT2D eigenvalue weighted by Crippen LogP contribution is -2.19. The molecule has 0 heterocycles. The molecule has 1 rings (SSSR count). The van der Waals surface area contributed by atoms with Gasteiger partial charge in [-0.2, -0.15) is 0 Å². The second kappa shape index (κ2) is 5.54. The summed E-state index contributed by atoms with van der Waals surface area (Å²) < 4.78 is 0.957. The molecule has 0 radical (unpaired) electrons. The number of halogens is 2. The van der Waals surface area contributed by atoms with Crippen LogP contribution in [-0.2, 0) is 0 Å². The molecule has 1 atom stereocenters. The van der Waals surface area contributed by atoms with Crippen LogP contribution in [0.15, 0.2) is 35.3 Å². The first-order chi connectivity index (χ1) is 6.59. The van der Waals surface area contributed by atoms with Crippen molar-refractivity contribution in [2.45, 2.75) is 13.0 Å². The van der Waals surface area contributed by atoms with E-state index >= 15 is 0 Å². The van der Waals surface area contributed by atoms with Gasteiger partial charge in [0.05, 0.1) is 0 Å². The first-order valence-electron chi connectivity index (χ1n) is 4.41. The van der Waals surface area contributed by atoms with Gasteiger partial charge in [0, 0.05) is 22.1 Å². The molecule has 0 aliphatic heterocycles. The summed E-state index contributed by atoms with van der Waals surface area (Å²) in [6.45, 7) is 6.65. The van der Waals surface area contributed by atoms with E-state index in [0.29, 0.717) is 6.04 Å². The van der Waals surface area contributed by atoms with Crippen molar-refractivity contribution in [1.29, 1.82) is 0 Å². The fourth-order valence-corrected chi connectivity index (χ4v) is 1.42. The molecule has 76 valence electrons. The molecule has 14 heavy (non-hydrogen) atoms. The van der Waals surface area contributed by atoms with Crippen LogP contribution in [0.1, 0.15) is 18.5 Å². The van der Waals surface area contributed by atoms with E-state index in [9.17, 15) is 0 Å². The maximum absolute atomic E-state index is 5.80. The second-order valence-electron chi connectivity index (χ2n) is 3.17. The third-order valence-corrected chi connectivity index (χ3v) is 2.50. The monoisotopic (exact) mass is 273 g/mol. The van der Waals surface area contributed by atoms with Crippen LogP contribution in [0, 0.1) is 0 Å². The maximum Gasteiger partial charge on any atom is 0.0406 e. The summed E-state index contributed by atoms with van der Waals surface area (Å²) in [5, 5.41) is 4.10. The van der Waals surface area contributed by atoms with Crippen molar-refractivity contribution in [3.8, 4) is 0 Å². The molecule has 0 aliphatic rings. The summed E-state index contributed by atoms with van der Waals surface area (Å²) >= 11 is 9.11. The summed E-state index contributed by atoms with van der Waals surface area (Å²) in [5.74, 6) is 0. The first kappa shape index (κ1) is 11.8. The number of nitrogens with one attached hydrogen (secondary N) is 1. The van der Waals surface area contributed by atoms with Crippen LogP contribution in [0.5, 0.6) is 0 Å². The zero-order valence-electron chi connectivity index (χ0n) is 8.06. The Morgan fingerprint density at radius 1 is 1.50 bits per heavy atom. The summed E-state index contributed by atoms with van der Waals surface area (Å²) in [5.41, 5.74) is 1.23. The quantitative estimate of drug-likeness (QED) is 0.878. The van der Waals surface area contributed by atoms with E-state index in [2.05, 4.69) is 34.7 Å². The third kappa shape index (κ3) is 3.82. The summed E-state index contributed by atoms with van der Waals surface area (Å²) in [6.07, 6.45) is 0. The highest BCUT2D eigenvalue weighted by Gasteiger charge is 2.03. The first-order valence-corrected chi connectivity index (χ1v) is 5.59. The van der Waals surface area contributed by atoms with Crippen LogP contribution in [0.2, 0.25) is 5.02 Å². The van der Waals surface area contributed by atoms with E-state index in [4.69, 9.17) is 11.6 Å². The molecule has 3 heteroatoms. The number of rotatable bonds is 4. The highest BCUT2D eigenvalue weighted by Crippen LogP contribution is 2.16. The van der Waals surface area contributed by atoms with E-state index in [0.717, 1.165) is 16.0 Å². The van der Waals surface area contributed by atoms with Crippen LogP contribution in [-0.4, -0.2) is 6.54 Å². The van der Waals surface area contributed by atoms with Crippen molar-refractivity contribution >= 4 is 27.5 Å². The van der Waals surface area contributed by atoms with Crippen LogP contribution in [0.3, 0.4) is 0 Å². The molecule has 0 spiro atoms. The van der Waals surface area contributed by atoms with Crippen LogP contribution in [0.4, 0.5) is 0 Å². The Kier molecular flexibility index (Phi) is 4.66. The molecule has 0 saturated heterocycles. The predicted molar refractivity (Wildman–Crippen MR) is 65.9 cm³/mol. The minimum atomic E-state index is 0.307. The van der Waals surface area contributed by atoms with Crippen molar-refractivity contribution in [3.05, 3.63) is 45.9 Å². The molecule has 0 fully saturated rings. The summed E-state index contributed by atoms with van der Waals surface area (Å²) in [6, 6.07) is 8.16. The lowest BCUT2D eigenvalue weighted by Gasteiger charge is -2.13. The normalized spacial score (nSPS) is 12.5. The van der Waals surface area contributed by atoms with Crippen LogP contribution >= 0.6 is 27.5 Å². The Balaban J connectivity index is 2.56. The average molecular weight is 275 g/mol. The van der Waals surface area contributed by atoms with E-state index in [1.165, 1.54) is 5.56 Å². The highest BCUT2D eigenvalue weighted by molar-refractivity contribution is 9.11. The van der Waals surface area contributed by atoms with Gasteiger partial charge in [-0.25, -0.2) is 0 Å². The van der Waals surface area contributed by atoms with Crippen molar-refractivity contribution in [1.82, 2.24) is 5.32 Å². The average Bonchev–Trinajstić information content (AvgIpc) is 2.15. The molecule has 0 unspecified atom stereocenters. The summed E-state index contributed by atoms with van der Waals surface area (Å²) in [4.78, 5) is 0. The predicted octanol–water partition coefficient (Wildman–Crippen LogP) is 3.90. The van der Waals surface area contributed by atoms with Crippen molar-refractivity contribution in [2.75, 3.05) is 6.54 Å². The van der Waals surface area contributed by atoms with Crippen LogP contribution < -0.4 is 5.32 Å². The third-order valence-electron chi connectivity index (χ3n) is 1.97. The Morgan fingerprint density at radius 3 is 2.57 bits per heavy atom. The van der Waals surface area contributed by atoms with Gasteiger partial charge in [0.15, 0.2) is 0 Å². The van der Waals surface area contributed by atoms with E-state index in [1.807, 2.05) is 24.3 Å². The Morgan fingerprint density at radius 2 is 2.07 bits per heavy atom. The van der Waals surface area contributed by atoms with E-state index < -0.39 is 0 Å². The molecule has 0 aliphatic carbocycles. The molecule has 1 aromatic rings. The van der Waals surface area contributed by atoms with Gasteiger partial charge < -0.3 is 5.32 Å². The van der Waals surface area contributed by atoms with Gasteiger partial charge in [0.25, 0.3) is 0 Å². The Labute approximate surface area is 98.3 Å². The van der Waals surface area contributed by atoms with Gasteiger partial charge in [-0.1, -0.05) is 46.2 Å². The molecule has 0 bridgehead atoms. The van der Waals surface area contributed by atoms with Gasteiger partial charge in [-0.05, 0) is 24.6 Å². The van der Waals surface area contributed by atoms with Crippen molar-refractivity contribution < 1.29 is 0 Å². The Bertz CT molecular complexity index is 308. The zero-order valence-corrected chi connectivity index (χ0v) is 10.4. The molecule has 1 N–H and O–H groups in total. The fourth-order valence-electron chi connectivity index (χ4n) is 1.13. The Hall–Kier alpha value is -0.310. The van der Waals surface area contributed by atoms with E-state index in [1.54, 1.807) is 0 Å². The molecular formula is C11H13BrClN. The molecule has 0 aromatic heterocycles. The fraction of sp³-hybridized carbons (Fsp3) is 0.273. The highest BCUT2D eigenvalue weighted by atomic mass is 79.9. The molecule has 0 amide bonds. The zero-order chi connectivity index (χ0) is 10.6. The van der Waals surface area contributed by atoms with Gasteiger partial charge in [-0.3, -0.25) is 0 Å². The second-order valence-corrected chi connectivity index (χ2v) is 4.73. The van der Waals surface area contributed by atoms with Gasteiger partial charge in [-0.15, -0.1) is 0 Å². The van der Waals surface area contributed by atoms with Gasteiger partial charge in [0.2, 0.25) is 0 Å². The number of hydrogen-bond acceptors (Lipinski definition) is 1. The van der Waals surface area contributed by atoms with Gasteiger partial charge in [0.1, 0.15) is 0 Å². The van der Waals surface area contributed by atoms with Crippen molar-refractivity contribution in [2.24, 2.45) is 0 Å². The lowest BCUT2D eigenvalue weighted by molar-refractivity contribution is 0.616. The summed E-state index contributed by atoms with van der Waals surface area (Å²) in [7, 11) is 0. The molecule has 0 saturated carbocycles. The molecular weight excluding hydrogens is 261 g/mol. The minimum absolute atomic E-state index is 0.307. The standard InChI is InChI=1S/C11H13BrClN/c1-8(12)7-14-9(2)10-3-5-11(13)6-4-10/h3-6,9,14H,1,7H2,2H3/t9-/m1/s1. The largest absolute Gasteiger partial charge is 0.306 e. The smallest absolute Gasteiger partial charge is 0.0406 e. The van der Waals surface area contributed by atoms with Crippen LogP contribution in [0.25, 0.3) is 0 Å². The lowest BCUT2D eigenvalue weighted by atomic mass is 10.1. The van der Waals surface area contributed by atoms with Crippen molar-refractivity contribution in [3.63, 3.8) is 0 Å². The van der Waals surface area contributed by atoms with Gasteiger partial charge >= 0.3 is 0 Å². The van der Waals surface area contributed by atoms with E-state index in [-0.39, 0.29) is 0 Å². The minimum Gasteiger partial charge on any atom is -0.306 e.